The van der Waals surface area contributed by atoms with Gasteiger partial charge < -0.3 is 9.80 Å². The maximum absolute atomic E-state index is 11.9. The number of carbonyl (C=O) groups excluding carboxylic acids is 2. The highest BCUT2D eigenvalue weighted by Gasteiger charge is 2.13. The molecule has 1 rings (SSSR count). The molecule has 0 saturated carbocycles. The van der Waals surface area contributed by atoms with Gasteiger partial charge in [-0.25, -0.2) is 0 Å². The molecule has 0 saturated heterocycles. The molecule has 0 aromatic heterocycles. The molecule has 21 heavy (non-hydrogen) atoms. The van der Waals surface area contributed by atoms with Crippen LogP contribution in [0.1, 0.15) is 5.56 Å². The Hall–Kier alpha value is -2.70. The number of amides is 2. The Balaban J connectivity index is 2.79. The van der Waals surface area contributed by atoms with E-state index in [4.69, 9.17) is 0 Å². The third kappa shape index (κ3) is 4.72. The van der Waals surface area contributed by atoms with E-state index in [1.54, 1.807) is 32.3 Å². The molecule has 0 heterocycles. The van der Waals surface area contributed by atoms with Crippen LogP contribution in [0.25, 0.3) is 6.08 Å². The maximum Gasteiger partial charge on any atom is 0.276 e. The number of hydrogen-bond acceptors (Lipinski definition) is 4. The molecule has 112 valence electrons. The first-order valence-corrected chi connectivity index (χ1v) is 6.19. The summed E-state index contributed by atoms with van der Waals surface area (Å²) in [5, 5.41) is 10.8. The number of hydrogen-bond donors (Lipinski definition) is 0. The minimum absolute atomic E-state index is 0.0486. The molecule has 0 atom stereocenters. The van der Waals surface area contributed by atoms with Crippen molar-refractivity contribution < 1.29 is 14.5 Å². The topological polar surface area (TPSA) is 83.8 Å². The van der Waals surface area contributed by atoms with Gasteiger partial charge in [-0.05, 0) is 12.1 Å². The van der Waals surface area contributed by atoms with Gasteiger partial charge in [-0.1, -0.05) is 12.1 Å². The lowest BCUT2D eigenvalue weighted by molar-refractivity contribution is -0.385. The van der Waals surface area contributed by atoms with Crippen molar-refractivity contribution in [3.63, 3.8) is 0 Å². The molecule has 0 fully saturated rings. The first kappa shape index (κ1) is 16.4. The second kappa shape index (κ2) is 7.18. The SMILES string of the molecule is CN(C)C(=O)CN(C)C(=O)/C=C/c1ccccc1[N+](=O)[O-]. The van der Waals surface area contributed by atoms with Crippen molar-refractivity contribution in [1.29, 1.82) is 0 Å². The van der Waals surface area contributed by atoms with E-state index in [0.29, 0.717) is 5.56 Å². The predicted molar refractivity (Wildman–Crippen MR) is 78.5 cm³/mol. The van der Waals surface area contributed by atoms with Crippen molar-refractivity contribution in [2.45, 2.75) is 0 Å². The van der Waals surface area contributed by atoms with Crippen molar-refractivity contribution in [3.8, 4) is 0 Å². The van der Waals surface area contributed by atoms with Crippen LogP contribution in [0.5, 0.6) is 0 Å². The average molecular weight is 291 g/mol. The summed E-state index contributed by atoms with van der Waals surface area (Å²) in [6, 6.07) is 6.12. The zero-order valence-electron chi connectivity index (χ0n) is 12.1. The highest BCUT2D eigenvalue weighted by Crippen LogP contribution is 2.18. The van der Waals surface area contributed by atoms with Gasteiger partial charge in [0, 0.05) is 33.3 Å². The summed E-state index contributed by atoms with van der Waals surface area (Å²) >= 11 is 0. The lowest BCUT2D eigenvalue weighted by Gasteiger charge is -2.17. The van der Waals surface area contributed by atoms with Crippen molar-refractivity contribution in [2.75, 3.05) is 27.7 Å². The molecule has 7 nitrogen and oxygen atoms in total. The molecule has 0 aliphatic carbocycles. The minimum Gasteiger partial charge on any atom is -0.347 e. The summed E-state index contributed by atoms with van der Waals surface area (Å²) in [5.74, 6) is -0.603. The quantitative estimate of drug-likeness (QED) is 0.463. The lowest BCUT2D eigenvalue weighted by atomic mass is 10.1. The number of rotatable bonds is 5. The number of carbonyl (C=O) groups is 2. The molecular weight excluding hydrogens is 274 g/mol. The van der Waals surface area contributed by atoms with Crippen LogP contribution >= 0.6 is 0 Å². The third-order valence-corrected chi connectivity index (χ3v) is 2.79. The Morgan fingerprint density at radius 2 is 1.86 bits per heavy atom. The summed E-state index contributed by atoms with van der Waals surface area (Å²) < 4.78 is 0. The van der Waals surface area contributed by atoms with E-state index in [2.05, 4.69) is 0 Å². The Bertz CT molecular complexity index is 581. The standard InChI is InChI=1S/C14H17N3O4/c1-15(2)14(19)10-16(3)13(18)9-8-11-6-4-5-7-12(11)17(20)21/h4-9H,10H2,1-3H3/b9-8+. The summed E-state index contributed by atoms with van der Waals surface area (Å²) in [6.07, 6.45) is 2.59. The monoisotopic (exact) mass is 291 g/mol. The molecule has 7 heteroatoms. The van der Waals surface area contributed by atoms with E-state index in [9.17, 15) is 19.7 Å². The van der Waals surface area contributed by atoms with Gasteiger partial charge in [-0.3, -0.25) is 19.7 Å². The molecule has 1 aromatic carbocycles. The summed E-state index contributed by atoms with van der Waals surface area (Å²) in [6.45, 7) is -0.0486. The van der Waals surface area contributed by atoms with Gasteiger partial charge in [0.2, 0.25) is 11.8 Å². The van der Waals surface area contributed by atoms with Gasteiger partial charge in [0.15, 0.2) is 0 Å². The van der Waals surface area contributed by atoms with Crippen molar-refractivity contribution >= 4 is 23.6 Å². The average Bonchev–Trinajstić information content (AvgIpc) is 2.44. The number of nitro benzene ring substituents is 1. The van der Waals surface area contributed by atoms with Crippen LogP contribution < -0.4 is 0 Å². The molecule has 0 radical (unpaired) electrons. The van der Waals surface area contributed by atoms with E-state index in [-0.39, 0.29) is 18.1 Å². The fraction of sp³-hybridized carbons (Fsp3) is 0.286. The van der Waals surface area contributed by atoms with Crippen molar-refractivity contribution in [1.82, 2.24) is 9.80 Å². The van der Waals surface area contributed by atoms with Crippen LogP contribution in [0.4, 0.5) is 5.69 Å². The van der Waals surface area contributed by atoms with Gasteiger partial charge in [-0.2, -0.15) is 0 Å². The van der Waals surface area contributed by atoms with Crippen LogP contribution in [0.2, 0.25) is 0 Å². The Morgan fingerprint density at radius 1 is 1.24 bits per heavy atom. The Kier molecular flexibility index (Phi) is 5.59. The van der Waals surface area contributed by atoms with Gasteiger partial charge in [-0.15, -0.1) is 0 Å². The van der Waals surface area contributed by atoms with Crippen LogP contribution in [0.3, 0.4) is 0 Å². The highest BCUT2D eigenvalue weighted by molar-refractivity contribution is 5.94. The van der Waals surface area contributed by atoms with Gasteiger partial charge in [0.25, 0.3) is 5.69 Å². The van der Waals surface area contributed by atoms with Gasteiger partial charge >= 0.3 is 0 Å². The fourth-order valence-electron chi connectivity index (χ4n) is 1.51. The molecule has 0 N–H and O–H groups in total. The number of likely N-dealkylation sites (N-methyl/N-ethyl adjacent to an activating group) is 2. The van der Waals surface area contributed by atoms with Gasteiger partial charge in [0.1, 0.15) is 0 Å². The zero-order chi connectivity index (χ0) is 16.0. The molecular formula is C14H17N3O4. The zero-order valence-corrected chi connectivity index (χ0v) is 12.1. The first-order chi connectivity index (χ1) is 9.82. The minimum atomic E-state index is -0.510. The number of nitrogens with zero attached hydrogens (tertiary/aromatic N) is 3. The number of nitro groups is 1. The van der Waals surface area contributed by atoms with Crippen molar-refractivity contribution in [3.05, 3.63) is 46.0 Å². The summed E-state index contributed by atoms with van der Waals surface area (Å²) in [7, 11) is 4.70. The maximum atomic E-state index is 11.9. The van der Waals surface area contributed by atoms with Crippen molar-refractivity contribution in [2.24, 2.45) is 0 Å². The van der Waals surface area contributed by atoms with E-state index >= 15 is 0 Å². The summed E-state index contributed by atoms with van der Waals surface area (Å²) in [4.78, 5) is 36.3. The molecule has 2 amide bonds. The molecule has 0 unspecified atom stereocenters. The van der Waals surface area contributed by atoms with Gasteiger partial charge in [0.05, 0.1) is 17.0 Å². The second-order valence-electron chi connectivity index (χ2n) is 4.63. The lowest BCUT2D eigenvalue weighted by Crippen LogP contribution is -2.36. The normalized spacial score (nSPS) is 10.4. The fourth-order valence-corrected chi connectivity index (χ4v) is 1.51. The van der Waals surface area contributed by atoms with Crippen LogP contribution in [0, 0.1) is 10.1 Å². The molecule has 0 bridgehead atoms. The Morgan fingerprint density at radius 3 is 2.43 bits per heavy atom. The second-order valence-corrected chi connectivity index (χ2v) is 4.63. The highest BCUT2D eigenvalue weighted by atomic mass is 16.6. The molecule has 0 aliphatic heterocycles. The number of para-hydroxylation sites is 1. The predicted octanol–water partition coefficient (Wildman–Crippen LogP) is 1.15. The largest absolute Gasteiger partial charge is 0.347 e. The molecule has 0 aliphatic rings. The first-order valence-electron chi connectivity index (χ1n) is 6.19. The number of benzene rings is 1. The Labute approximate surface area is 122 Å². The van der Waals surface area contributed by atoms with Crippen LogP contribution in [0.15, 0.2) is 30.3 Å². The van der Waals surface area contributed by atoms with E-state index in [1.807, 2.05) is 0 Å². The molecule has 0 spiro atoms. The van der Waals surface area contributed by atoms with Crippen LogP contribution in [-0.4, -0.2) is 54.2 Å². The van der Waals surface area contributed by atoms with E-state index in [1.165, 1.54) is 35.1 Å². The van der Waals surface area contributed by atoms with E-state index < -0.39 is 10.8 Å². The van der Waals surface area contributed by atoms with E-state index in [0.717, 1.165) is 0 Å². The molecule has 1 aromatic rings. The third-order valence-electron chi connectivity index (χ3n) is 2.79. The summed E-state index contributed by atoms with van der Waals surface area (Å²) in [5.41, 5.74) is 0.261. The van der Waals surface area contributed by atoms with Crippen LogP contribution in [-0.2, 0) is 9.59 Å². The smallest absolute Gasteiger partial charge is 0.276 e.